The van der Waals surface area contributed by atoms with E-state index in [0.717, 1.165) is 24.0 Å². The highest BCUT2D eigenvalue weighted by molar-refractivity contribution is 6.33. The van der Waals surface area contributed by atoms with Crippen LogP contribution < -0.4 is 10.2 Å². The topological polar surface area (TPSA) is 49.4 Å². The lowest BCUT2D eigenvalue weighted by molar-refractivity contribution is -0.116. The van der Waals surface area contributed by atoms with Gasteiger partial charge in [-0.1, -0.05) is 23.7 Å². The van der Waals surface area contributed by atoms with Crippen molar-refractivity contribution < 1.29 is 22.8 Å². The van der Waals surface area contributed by atoms with Crippen molar-refractivity contribution in [2.45, 2.75) is 6.92 Å². The lowest BCUT2D eigenvalue weighted by Crippen LogP contribution is -2.38. The van der Waals surface area contributed by atoms with Gasteiger partial charge in [0.15, 0.2) is 17.5 Å². The number of hydrogen-bond donors (Lipinski definition) is 1. The van der Waals surface area contributed by atoms with Gasteiger partial charge in [0.25, 0.3) is 5.91 Å². The Hall–Kier alpha value is -2.54. The minimum atomic E-state index is -1.66. The molecule has 132 valence electrons. The predicted molar refractivity (Wildman–Crippen MR) is 88.1 cm³/mol. The first-order valence-corrected chi connectivity index (χ1v) is 7.65. The Kier molecular flexibility index (Phi) is 6.03. The molecule has 0 spiro atoms. The molecule has 0 aliphatic carbocycles. The van der Waals surface area contributed by atoms with Crippen LogP contribution in [0.25, 0.3) is 0 Å². The number of nitrogens with one attached hydrogen (secondary N) is 1. The summed E-state index contributed by atoms with van der Waals surface area (Å²) in [5.41, 5.74) is -0.157. The van der Waals surface area contributed by atoms with E-state index in [1.165, 1.54) is 6.07 Å². The van der Waals surface area contributed by atoms with Gasteiger partial charge in [-0.25, -0.2) is 13.2 Å². The van der Waals surface area contributed by atoms with Gasteiger partial charge in [-0.15, -0.1) is 0 Å². The Bertz CT molecular complexity index is 814. The van der Waals surface area contributed by atoms with Gasteiger partial charge in [-0.2, -0.15) is 0 Å². The molecule has 0 fully saturated rings. The van der Waals surface area contributed by atoms with Gasteiger partial charge in [-0.3, -0.25) is 9.59 Å². The number of carbonyl (C=O) groups excluding carboxylic acids is 2. The van der Waals surface area contributed by atoms with Crippen molar-refractivity contribution in [1.29, 1.82) is 0 Å². The van der Waals surface area contributed by atoms with Crippen molar-refractivity contribution in [2.75, 3.05) is 18.0 Å². The molecule has 0 aromatic heterocycles. The number of amides is 2. The summed E-state index contributed by atoms with van der Waals surface area (Å²) in [5.74, 6) is -5.54. The van der Waals surface area contributed by atoms with E-state index in [-0.39, 0.29) is 23.7 Å². The van der Waals surface area contributed by atoms with Crippen LogP contribution in [0.4, 0.5) is 18.9 Å². The molecule has 25 heavy (non-hydrogen) atoms. The average molecular weight is 371 g/mol. The zero-order chi connectivity index (χ0) is 18.6. The van der Waals surface area contributed by atoms with Crippen LogP contribution in [0.1, 0.15) is 17.3 Å². The molecule has 4 nitrogen and oxygen atoms in total. The van der Waals surface area contributed by atoms with Gasteiger partial charge in [0, 0.05) is 20.0 Å². The van der Waals surface area contributed by atoms with Crippen molar-refractivity contribution in [1.82, 2.24) is 5.32 Å². The fourth-order valence-corrected chi connectivity index (χ4v) is 2.42. The number of anilines is 1. The minimum Gasteiger partial charge on any atom is -0.350 e. The van der Waals surface area contributed by atoms with E-state index in [1.807, 2.05) is 0 Å². The van der Waals surface area contributed by atoms with Crippen LogP contribution in [0.15, 0.2) is 36.4 Å². The number of benzene rings is 2. The quantitative estimate of drug-likeness (QED) is 0.818. The molecular weight excluding hydrogens is 357 g/mol. The van der Waals surface area contributed by atoms with E-state index in [4.69, 9.17) is 11.6 Å². The molecule has 0 aliphatic rings. The molecule has 2 rings (SSSR count). The number of hydrogen-bond acceptors (Lipinski definition) is 2. The van der Waals surface area contributed by atoms with Crippen molar-refractivity contribution in [3.63, 3.8) is 0 Å². The highest BCUT2D eigenvalue weighted by atomic mass is 35.5. The summed E-state index contributed by atoms with van der Waals surface area (Å²) in [6.07, 6.45) is 0. The summed E-state index contributed by atoms with van der Waals surface area (Å²) in [6.45, 7) is 0.978. The Labute approximate surface area is 147 Å². The Morgan fingerprint density at radius 1 is 1.08 bits per heavy atom. The van der Waals surface area contributed by atoms with E-state index >= 15 is 0 Å². The number of carbonyl (C=O) groups is 2. The fraction of sp³-hybridized carbons (Fsp3) is 0.176. The van der Waals surface area contributed by atoms with Gasteiger partial charge in [0.05, 0.1) is 16.3 Å². The molecule has 0 heterocycles. The molecule has 0 saturated carbocycles. The molecule has 0 atom stereocenters. The van der Waals surface area contributed by atoms with Gasteiger partial charge in [0.2, 0.25) is 5.91 Å². The number of halogens is 4. The predicted octanol–water partition coefficient (Wildman–Crippen LogP) is 3.54. The Morgan fingerprint density at radius 2 is 1.76 bits per heavy atom. The Morgan fingerprint density at radius 3 is 2.40 bits per heavy atom. The molecule has 2 aromatic carbocycles. The van der Waals surface area contributed by atoms with Gasteiger partial charge >= 0.3 is 0 Å². The first-order valence-electron chi connectivity index (χ1n) is 7.27. The van der Waals surface area contributed by atoms with Gasteiger partial charge < -0.3 is 10.2 Å². The second kappa shape index (κ2) is 8.02. The zero-order valence-electron chi connectivity index (χ0n) is 13.2. The third kappa shape index (κ3) is 4.30. The van der Waals surface area contributed by atoms with E-state index in [9.17, 15) is 22.8 Å². The van der Waals surface area contributed by atoms with Crippen LogP contribution in [0.2, 0.25) is 5.02 Å². The molecule has 0 unspecified atom stereocenters. The summed E-state index contributed by atoms with van der Waals surface area (Å²) >= 11 is 5.91. The Balaban J connectivity index is 2.09. The molecule has 2 aromatic rings. The molecule has 2 amide bonds. The van der Waals surface area contributed by atoms with Crippen LogP contribution in [0.3, 0.4) is 0 Å². The van der Waals surface area contributed by atoms with E-state index in [1.54, 1.807) is 18.2 Å². The zero-order valence-corrected chi connectivity index (χ0v) is 13.9. The third-order valence-corrected chi connectivity index (χ3v) is 3.75. The van der Waals surface area contributed by atoms with Crippen molar-refractivity contribution in [3.8, 4) is 0 Å². The average Bonchev–Trinajstić information content (AvgIpc) is 2.57. The molecule has 0 saturated heterocycles. The summed E-state index contributed by atoms with van der Waals surface area (Å²) in [5, 5.41) is 2.79. The summed E-state index contributed by atoms with van der Waals surface area (Å²) in [4.78, 5) is 24.6. The molecule has 1 N–H and O–H groups in total. The summed E-state index contributed by atoms with van der Waals surface area (Å²) in [7, 11) is 0. The van der Waals surface area contributed by atoms with Crippen LogP contribution >= 0.6 is 11.6 Å². The van der Waals surface area contributed by atoms with Crippen LogP contribution in [0, 0.1) is 17.5 Å². The minimum absolute atomic E-state index is 0.0396. The smallest absolute Gasteiger partial charge is 0.252 e. The molecule has 0 bridgehead atoms. The van der Waals surface area contributed by atoms with E-state index in [2.05, 4.69) is 5.32 Å². The SMILES string of the molecule is CC(=O)N(CCNC(=O)c1ccccc1Cl)c1ccc(F)c(F)c1F. The second-order valence-corrected chi connectivity index (χ2v) is 5.51. The second-order valence-electron chi connectivity index (χ2n) is 5.10. The van der Waals surface area contributed by atoms with Crippen molar-refractivity contribution >= 4 is 29.1 Å². The van der Waals surface area contributed by atoms with Crippen molar-refractivity contribution in [3.05, 3.63) is 64.4 Å². The first-order chi connectivity index (χ1) is 11.8. The standard InChI is InChI=1S/C17H14ClF3N2O2/c1-10(24)23(14-7-6-13(19)15(20)16(14)21)9-8-22-17(25)11-4-2-3-5-12(11)18/h2-7H,8-9H2,1H3,(H,22,25). The van der Waals surface area contributed by atoms with Gasteiger partial charge in [-0.05, 0) is 24.3 Å². The monoisotopic (exact) mass is 370 g/mol. The number of nitrogens with zero attached hydrogens (tertiary/aromatic N) is 1. The normalized spacial score (nSPS) is 10.4. The molecular formula is C17H14ClF3N2O2. The third-order valence-electron chi connectivity index (χ3n) is 3.43. The molecule has 0 aliphatic heterocycles. The van der Waals surface area contributed by atoms with Crippen LogP contribution in [-0.4, -0.2) is 24.9 Å². The fourth-order valence-electron chi connectivity index (χ4n) is 2.19. The lowest BCUT2D eigenvalue weighted by atomic mass is 10.2. The maximum atomic E-state index is 13.9. The van der Waals surface area contributed by atoms with E-state index < -0.39 is 35.0 Å². The van der Waals surface area contributed by atoms with Gasteiger partial charge in [0.1, 0.15) is 0 Å². The highest BCUT2D eigenvalue weighted by Crippen LogP contribution is 2.23. The molecule has 0 radical (unpaired) electrons. The molecule has 8 heteroatoms. The maximum Gasteiger partial charge on any atom is 0.252 e. The first kappa shape index (κ1) is 18.8. The lowest BCUT2D eigenvalue weighted by Gasteiger charge is -2.22. The maximum absolute atomic E-state index is 13.9. The summed E-state index contributed by atoms with van der Waals surface area (Å²) < 4.78 is 40.2. The summed E-state index contributed by atoms with van der Waals surface area (Å²) in [6, 6.07) is 8.07. The highest BCUT2D eigenvalue weighted by Gasteiger charge is 2.21. The largest absolute Gasteiger partial charge is 0.350 e. The number of rotatable bonds is 5. The van der Waals surface area contributed by atoms with Crippen molar-refractivity contribution in [2.24, 2.45) is 0 Å². The van der Waals surface area contributed by atoms with E-state index in [0.29, 0.717) is 0 Å². The van der Waals surface area contributed by atoms with Crippen LogP contribution in [0.5, 0.6) is 0 Å². The van der Waals surface area contributed by atoms with Crippen LogP contribution in [-0.2, 0) is 4.79 Å².